The molecule has 252 valence electrons. The minimum absolute atomic E-state index is 0.00795. The summed E-state index contributed by atoms with van der Waals surface area (Å²) in [5.74, 6) is 1.36. The number of nitrogens with zero attached hydrogens (tertiary/aromatic N) is 2. The Hall–Kier alpha value is -4.33. The van der Waals surface area contributed by atoms with E-state index < -0.39 is 6.16 Å². The average Bonchev–Trinajstić information content (AvgIpc) is 3.41. The standard InChI is InChI=1S/C39H52N4O4/c1-3-5-7-8-9-10-11-12-13-16-26-40-38(44)28-41-32-24-25-34-35(27-32)43(37(42-34)19-6-4-2)29-30-20-22-31(23-21-30)33-17-14-15-18-36(33)47-39(45)46/h14-15,17-18,20-25,27,41H,3-13,16,19,26,28-29H2,1-2H3,(H,40,44)(H,45,46). The van der Waals surface area contributed by atoms with E-state index in [4.69, 9.17) is 14.8 Å². The van der Waals surface area contributed by atoms with Gasteiger partial charge in [0.2, 0.25) is 5.91 Å². The van der Waals surface area contributed by atoms with Crippen LogP contribution in [-0.2, 0) is 17.8 Å². The van der Waals surface area contributed by atoms with Gasteiger partial charge in [0, 0.05) is 30.8 Å². The molecule has 8 nitrogen and oxygen atoms in total. The first-order valence-corrected chi connectivity index (χ1v) is 17.6. The van der Waals surface area contributed by atoms with Crippen molar-refractivity contribution in [2.45, 2.75) is 104 Å². The molecule has 4 rings (SSSR count). The van der Waals surface area contributed by atoms with E-state index in [1.807, 2.05) is 36.4 Å². The summed E-state index contributed by atoms with van der Waals surface area (Å²) in [6.45, 7) is 6.04. The van der Waals surface area contributed by atoms with Crippen LogP contribution in [0.1, 0.15) is 102 Å². The normalized spacial score (nSPS) is 11.1. The minimum atomic E-state index is -1.33. The molecule has 0 radical (unpaired) electrons. The highest BCUT2D eigenvalue weighted by molar-refractivity contribution is 5.84. The van der Waals surface area contributed by atoms with Gasteiger partial charge in [-0.2, -0.15) is 0 Å². The number of aromatic nitrogens is 2. The largest absolute Gasteiger partial charge is 0.511 e. The van der Waals surface area contributed by atoms with Gasteiger partial charge in [-0.15, -0.1) is 0 Å². The van der Waals surface area contributed by atoms with Gasteiger partial charge >= 0.3 is 6.16 Å². The van der Waals surface area contributed by atoms with Crippen molar-refractivity contribution in [2.24, 2.45) is 0 Å². The number of carbonyl (C=O) groups is 2. The highest BCUT2D eigenvalue weighted by atomic mass is 16.7. The van der Waals surface area contributed by atoms with Crippen LogP contribution in [0.25, 0.3) is 22.2 Å². The summed E-state index contributed by atoms with van der Waals surface area (Å²) in [7, 11) is 0. The molecule has 47 heavy (non-hydrogen) atoms. The summed E-state index contributed by atoms with van der Waals surface area (Å²) in [6.07, 6.45) is 14.5. The molecular formula is C39H52N4O4. The molecule has 0 saturated carbocycles. The van der Waals surface area contributed by atoms with Gasteiger partial charge in [0.15, 0.2) is 0 Å². The monoisotopic (exact) mass is 640 g/mol. The molecule has 0 aliphatic carbocycles. The third-order valence-corrected chi connectivity index (χ3v) is 8.58. The number of aryl methyl sites for hydroxylation is 1. The summed E-state index contributed by atoms with van der Waals surface area (Å²) >= 11 is 0. The number of amides is 1. The zero-order valence-electron chi connectivity index (χ0n) is 28.2. The van der Waals surface area contributed by atoms with Crippen molar-refractivity contribution in [3.8, 4) is 16.9 Å². The Balaban J connectivity index is 1.33. The Morgan fingerprint density at radius 1 is 0.809 bits per heavy atom. The van der Waals surface area contributed by atoms with Crippen LogP contribution < -0.4 is 15.4 Å². The molecule has 0 unspecified atom stereocenters. The maximum Gasteiger partial charge on any atom is 0.511 e. The Labute approximate surface area is 279 Å². The summed E-state index contributed by atoms with van der Waals surface area (Å²) in [4.78, 5) is 28.7. The van der Waals surface area contributed by atoms with Crippen LogP contribution in [0, 0.1) is 0 Å². The minimum Gasteiger partial charge on any atom is -0.449 e. The van der Waals surface area contributed by atoms with E-state index in [0.717, 1.165) is 71.5 Å². The molecule has 1 aromatic heterocycles. The molecule has 0 fully saturated rings. The molecule has 4 aromatic rings. The van der Waals surface area contributed by atoms with Gasteiger partial charge in [0.05, 0.1) is 17.6 Å². The third-order valence-electron chi connectivity index (χ3n) is 8.58. The van der Waals surface area contributed by atoms with E-state index in [1.165, 1.54) is 57.8 Å². The molecule has 1 heterocycles. The Bertz CT molecular complexity index is 1550. The lowest BCUT2D eigenvalue weighted by molar-refractivity contribution is -0.119. The summed E-state index contributed by atoms with van der Waals surface area (Å²) < 4.78 is 7.25. The number of rotatable bonds is 21. The van der Waals surface area contributed by atoms with Crippen LogP contribution in [0.15, 0.2) is 66.7 Å². The van der Waals surface area contributed by atoms with Crippen LogP contribution in [-0.4, -0.2) is 39.8 Å². The van der Waals surface area contributed by atoms with Crippen molar-refractivity contribution in [3.05, 3.63) is 78.1 Å². The van der Waals surface area contributed by atoms with Gasteiger partial charge in [0.25, 0.3) is 0 Å². The van der Waals surface area contributed by atoms with Crippen molar-refractivity contribution in [1.29, 1.82) is 0 Å². The first kappa shape index (κ1) is 35.5. The number of hydrogen-bond donors (Lipinski definition) is 3. The number of ether oxygens (including phenoxy) is 1. The highest BCUT2D eigenvalue weighted by Crippen LogP contribution is 2.31. The quantitative estimate of drug-likeness (QED) is 0.0476. The predicted molar refractivity (Wildman–Crippen MR) is 191 cm³/mol. The van der Waals surface area contributed by atoms with Gasteiger partial charge in [-0.1, -0.05) is 121 Å². The second-order valence-electron chi connectivity index (χ2n) is 12.4. The molecule has 0 saturated heterocycles. The van der Waals surface area contributed by atoms with Gasteiger partial charge in [-0.05, 0) is 48.2 Å². The fourth-order valence-corrected chi connectivity index (χ4v) is 5.93. The van der Waals surface area contributed by atoms with Gasteiger partial charge in [-0.25, -0.2) is 9.78 Å². The van der Waals surface area contributed by atoms with Gasteiger partial charge in [-0.3, -0.25) is 4.79 Å². The van der Waals surface area contributed by atoms with Crippen LogP contribution in [0.2, 0.25) is 0 Å². The zero-order valence-corrected chi connectivity index (χ0v) is 28.2. The number of benzene rings is 3. The lowest BCUT2D eigenvalue weighted by atomic mass is 10.0. The summed E-state index contributed by atoms with van der Waals surface area (Å²) in [6, 6.07) is 21.3. The van der Waals surface area contributed by atoms with E-state index in [1.54, 1.807) is 12.1 Å². The third kappa shape index (κ3) is 11.5. The number of imidazole rings is 1. The average molecular weight is 641 g/mol. The number of carbonyl (C=O) groups excluding carboxylic acids is 1. The Morgan fingerprint density at radius 3 is 2.19 bits per heavy atom. The van der Waals surface area contributed by atoms with Crippen molar-refractivity contribution >= 4 is 28.8 Å². The lowest BCUT2D eigenvalue weighted by Gasteiger charge is -2.12. The van der Waals surface area contributed by atoms with Crippen LogP contribution in [0.4, 0.5) is 10.5 Å². The second kappa shape index (κ2) is 19.4. The number of nitrogens with one attached hydrogen (secondary N) is 2. The first-order valence-electron chi connectivity index (χ1n) is 17.6. The second-order valence-corrected chi connectivity index (χ2v) is 12.4. The smallest absolute Gasteiger partial charge is 0.449 e. The fourth-order valence-electron chi connectivity index (χ4n) is 5.93. The number of fused-ring (bicyclic) bond motifs is 1. The van der Waals surface area contributed by atoms with E-state index in [2.05, 4.69) is 47.2 Å². The summed E-state index contributed by atoms with van der Waals surface area (Å²) in [5.41, 5.74) is 5.55. The Kier molecular flexibility index (Phi) is 14.6. The number of hydrogen-bond acceptors (Lipinski definition) is 5. The molecule has 0 spiro atoms. The molecule has 1 amide bonds. The number of anilines is 1. The number of carboxylic acid groups (broad SMARTS) is 1. The van der Waals surface area contributed by atoms with Gasteiger partial charge in [0.1, 0.15) is 11.6 Å². The van der Waals surface area contributed by atoms with E-state index in [9.17, 15) is 9.59 Å². The number of unbranched alkanes of at least 4 members (excludes halogenated alkanes) is 10. The van der Waals surface area contributed by atoms with Crippen molar-refractivity contribution < 1.29 is 19.4 Å². The highest BCUT2D eigenvalue weighted by Gasteiger charge is 2.14. The topological polar surface area (TPSA) is 105 Å². The molecule has 0 aliphatic rings. The van der Waals surface area contributed by atoms with E-state index in [0.29, 0.717) is 12.3 Å². The first-order chi connectivity index (χ1) is 23.0. The zero-order chi connectivity index (χ0) is 33.3. The van der Waals surface area contributed by atoms with Crippen LogP contribution in [0.5, 0.6) is 5.75 Å². The van der Waals surface area contributed by atoms with Crippen LogP contribution >= 0.6 is 0 Å². The van der Waals surface area contributed by atoms with E-state index >= 15 is 0 Å². The SMILES string of the molecule is CCCCCCCCCCCCNC(=O)CNc1ccc2nc(CCCC)n(Cc3ccc(-c4ccccc4OC(=O)O)cc3)c2c1. The maximum atomic E-state index is 12.5. The lowest BCUT2D eigenvalue weighted by Crippen LogP contribution is -2.30. The molecule has 3 N–H and O–H groups in total. The molecule has 0 atom stereocenters. The maximum absolute atomic E-state index is 12.5. The predicted octanol–water partition coefficient (Wildman–Crippen LogP) is 9.60. The van der Waals surface area contributed by atoms with Gasteiger partial charge < -0.3 is 25.0 Å². The molecule has 8 heteroatoms. The molecule has 0 bridgehead atoms. The van der Waals surface area contributed by atoms with E-state index in [-0.39, 0.29) is 12.5 Å². The molecule has 3 aromatic carbocycles. The Morgan fingerprint density at radius 2 is 1.49 bits per heavy atom. The molecule has 0 aliphatic heterocycles. The van der Waals surface area contributed by atoms with Crippen molar-refractivity contribution in [2.75, 3.05) is 18.4 Å². The summed E-state index contributed by atoms with van der Waals surface area (Å²) in [5, 5.41) is 15.5. The van der Waals surface area contributed by atoms with Crippen LogP contribution in [0.3, 0.4) is 0 Å². The molecular weight excluding hydrogens is 588 g/mol. The van der Waals surface area contributed by atoms with Crippen molar-refractivity contribution in [1.82, 2.24) is 14.9 Å². The fraction of sp³-hybridized carbons (Fsp3) is 0.462. The number of para-hydroxylation sites is 1. The van der Waals surface area contributed by atoms with Crippen molar-refractivity contribution in [3.63, 3.8) is 0 Å².